The van der Waals surface area contributed by atoms with Gasteiger partial charge in [0.25, 0.3) is 0 Å². The van der Waals surface area contributed by atoms with E-state index in [-0.39, 0.29) is 6.04 Å². The van der Waals surface area contributed by atoms with E-state index >= 15 is 0 Å². The molecule has 0 bridgehead atoms. The molecule has 1 heterocycles. The van der Waals surface area contributed by atoms with Gasteiger partial charge in [0.05, 0.1) is 17.8 Å². The number of thiazole rings is 1. The van der Waals surface area contributed by atoms with Gasteiger partial charge in [-0.05, 0) is 25.8 Å². The predicted octanol–water partition coefficient (Wildman–Crippen LogP) is 3.70. The van der Waals surface area contributed by atoms with E-state index in [9.17, 15) is 0 Å². The highest BCUT2D eigenvalue weighted by atomic mass is 32.1. The number of methoxy groups -OCH3 is 1. The Bertz CT molecular complexity index is 581. The number of nitrogens with zero attached hydrogens (tertiary/aromatic N) is 1. The summed E-state index contributed by atoms with van der Waals surface area (Å²) in [6, 6.07) is 5.63. The molecule has 0 unspecified atom stereocenters. The van der Waals surface area contributed by atoms with Crippen LogP contribution in [0.3, 0.4) is 0 Å². The zero-order valence-electron chi connectivity index (χ0n) is 12.8. The second-order valence-corrected chi connectivity index (χ2v) is 5.91. The van der Waals surface area contributed by atoms with Gasteiger partial charge in [0.1, 0.15) is 18.1 Å². The van der Waals surface area contributed by atoms with Crippen molar-refractivity contribution >= 4 is 11.3 Å². The van der Waals surface area contributed by atoms with Crippen LogP contribution in [0.25, 0.3) is 0 Å². The summed E-state index contributed by atoms with van der Waals surface area (Å²) in [4.78, 5) is 4.56. The van der Waals surface area contributed by atoms with E-state index in [2.05, 4.69) is 17.3 Å². The number of aryl methyl sites for hydroxylation is 1. The maximum absolute atomic E-state index is 5.98. The van der Waals surface area contributed by atoms with Crippen LogP contribution < -0.4 is 15.2 Å². The van der Waals surface area contributed by atoms with Crippen LogP contribution in [0.5, 0.6) is 11.5 Å². The Morgan fingerprint density at radius 2 is 2.19 bits per heavy atom. The molecular weight excluding hydrogens is 284 g/mol. The molecule has 0 spiro atoms. The van der Waals surface area contributed by atoms with Crippen molar-refractivity contribution in [2.45, 2.75) is 39.3 Å². The summed E-state index contributed by atoms with van der Waals surface area (Å²) in [5, 5.41) is 3.21. The molecule has 2 aromatic rings. The van der Waals surface area contributed by atoms with Crippen LogP contribution in [0.2, 0.25) is 0 Å². The van der Waals surface area contributed by atoms with Crippen LogP contribution >= 0.6 is 11.3 Å². The molecule has 0 fully saturated rings. The van der Waals surface area contributed by atoms with Crippen molar-refractivity contribution in [2.75, 3.05) is 7.11 Å². The molecule has 4 nitrogen and oxygen atoms in total. The molecule has 0 saturated heterocycles. The summed E-state index contributed by atoms with van der Waals surface area (Å²) in [5.74, 6) is 1.52. The summed E-state index contributed by atoms with van der Waals surface area (Å²) in [7, 11) is 1.64. The summed E-state index contributed by atoms with van der Waals surface area (Å²) in [5.41, 5.74) is 7.92. The second kappa shape index (κ2) is 7.43. The van der Waals surface area contributed by atoms with E-state index in [1.165, 1.54) is 0 Å². The third-order valence-electron chi connectivity index (χ3n) is 3.15. The monoisotopic (exact) mass is 306 g/mol. The zero-order valence-corrected chi connectivity index (χ0v) is 13.6. The van der Waals surface area contributed by atoms with Gasteiger partial charge in [-0.15, -0.1) is 11.3 Å². The topological polar surface area (TPSA) is 57.4 Å². The quantitative estimate of drug-likeness (QED) is 0.847. The third kappa shape index (κ3) is 4.19. The van der Waals surface area contributed by atoms with Crippen molar-refractivity contribution in [3.63, 3.8) is 0 Å². The molecule has 0 aliphatic rings. The molecule has 114 valence electrons. The van der Waals surface area contributed by atoms with Gasteiger partial charge >= 0.3 is 0 Å². The Hall–Kier alpha value is -1.59. The highest BCUT2D eigenvalue weighted by molar-refractivity contribution is 7.09. The number of nitrogens with two attached hydrogens (primary N) is 1. The standard InChI is InChI=1S/C16H22N2O2S/c1-4-5-16-18-12(10-21-16)9-20-15-8-13(19-3)6-7-14(15)11(2)17/h6-8,10-11H,4-5,9,17H2,1-3H3/t11-/m1/s1. The molecule has 1 aromatic heterocycles. The van der Waals surface area contributed by atoms with Gasteiger partial charge < -0.3 is 15.2 Å². The second-order valence-electron chi connectivity index (χ2n) is 4.96. The average Bonchev–Trinajstić information content (AvgIpc) is 2.92. The maximum Gasteiger partial charge on any atom is 0.131 e. The van der Waals surface area contributed by atoms with Crippen molar-refractivity contribution in [1.82, 2.24) is 4.98 Å². The van der Waals surface area contributed by atoms with Crippen LogP contribution in [-0.2, 0) is 13.0 Å². The van der Waals surface area contributed by atoms with Gasteiger partial charge in [0, 0.05) is 23.1 Å². The number of hydrogen-bond acceptors (Lipinski definition) is 5. The van der Waals surface area contributed by atoms with Crippen molar-refractivity contribution in [2.24, 2.45) is 5.73 Å². The summed E-state index contributed by atoms with van der Waals surface area (Å²) in [6.07, 6.45) is 2.13. The summed E-state index contributed by atoms with van der Waals surface area (Å²) >= 11 is 1.69. The SMILES string of the molecule is CCCc1nc(COc2cc(OC)ccc2[C@@H](C)N)cs1. The zero-order chi connectivity index (χ0) is 15.2. The fourth-order valence-electron chi connectivity index (χ4n) is 2.04. The molecule has 0 aliphatic heterocycles. The lowest BCUT2D eigenvalue weighted by molar-refractivity contribution is 0.295. The van der Waals surface area contributed by atoms with E-state index in [4.69, 9.17) is 15.2 Å². The normalized spacial score (nSPS) is 12.2. The first-order valence-electron chi connectivity index (χ1n) is 7.13. The Kier molecular flexibility index (Phi) is 5.59. The maximum atomic E-state index is 5.98. The highest BCUT2D eigenvalue weighted by Crippen LogP contribution is 2.29. The molecular formula is C16H22N2O2S. The van der Waals surface area contributed by atoms with Gasteiger partial charge in [-0.25, -0.2) is 4.98 Å². The molecule has 2 N–H and O–H groups in total. The molecule has 0 saturated carbocycles. The molecule has 0 amide bonds. The van der Waals surface area contributed by atoms with E-state index in [0.717, 1.165) is 40.6 Å². The minimum Gasteiger partial charge on any atom is -0.497 e. The van der Waals surface area contributed by atoms with E-state index < -0.39 is 0 Å². The molecule has 2 rings (SSSR count). The number of ether oxygens (including phenoxy) is 2. The highest BCUT2D eigenvalue weighted by Gasteiger charge is 2.11. The van der Waals surface area contributed by atoms with Crippen molar-refractivity contribution < 1.29 is 9.47 Å². The van der Waals surface area contributed by atoms with Crippen LogP contribution in [0.1, 0.15) is 42.6 Å². The third-order valence-corrected chi connectivity index (χ3v) is 4.11. The molecule has 0 aliphatic carbocycles. The van der Waals surface area contributed by atoms with Gasteiger partial charge in [-0.1, -0.05) is 13.0 Å². The smallest absolute Gasteiger partial charge is 0.131 e. The molecule has 1 atom stereocenters. The Morgan fingerprint density at radius 3 is 2.86 bits per heavy atom. The first-order valence-corrected chi connectivity index (χ1v) is 8.01. The van der Waals surface area contributed by atoms with E-state index in [0.29, 0.717) is 6.61 Å². The van der Waals surface area contributed by atoms with Gasteiger partial charge in [-0.2, -0.15) is 0 Å². The lowest BCUT2D eigenvalue weighted by atomic mass is 10.1. The fraction of sp³-hybridized carbons (Fsp3) is 0.438. The fourth-order valence-corrected chi connectivity index (χ4v) is 2.92. The minimum atomic E-state index is -0.0861. The van der Waals surface area contributed by atoms with E-state index in [1.54, 1.807) is 18.4 Å². The number of aromatic nitrogens is 1. The van der Waals surface area contributed by atoms with Crippen molar-refractivity contribution in [1.29, 1.82) is 0 Å². The Morgan fingerprint density at radius 1 is 1.38 bits per heavy atom. The average molecular weight is 306 g/mol. The number of benzene rings is 1. The van der Waals surface area contributed by atoms with Crippen LogP contribution in [0.4, 0.5) is 0 Å². The van der Waals surface area contributed by atoms with Crippen LogP contribution in [0.15, 0.2) is 23.6 Å². The summed E-state index contributed by atoms with van der Waals surface area (Å²) < 4.78 is 11.1. The van der Waals surface area contributed by atoms with Crippen LogP contribution in [-0.4, -0.2) is 12.1 Å². The van der Waals surface area contributed by atoms with Crippen molar-refractivity contribution in [3.8, 4) is 11.5 Å². The molecule has 0 radical (unpaired) electrons. The van der Waals surface area contributed by atoms with Gasteiger partial charge in [-0.3, -0.25) is 0 Å². The Labute approximate surface area is 129 Å². The minimum absolute atomic E-state index is 0.0861. The lowest BCUT2D eigenvalue weighted by Crippen LogP contribution is -2.08. The molecule has 5 heteroatoms. The van der Waals surface area contributed by atoms with Crippen LogP contribution in [0, 0.1) is 0 Å². The molecule has 1 aromatic carbocycles. The van der Waals surface area contributed by atoms with Gasteiger partial charge in [0.2, 0.25) is 0 Å². The lowest BCUT2D eigenvalue weighted by Gasteiger charge is -2.14. The number of hydrogen-bond donors (Lipinski definition) is 1. The number of rotatable bonds is 7. The Balaban J connectivity index is 2.10. The van der Waals surface area contributed by atoms with Crippen molar-refractivity contribution in [3.05, 3.63) is 39.8 Å². The molecule has 21 heavy (non-hydrogen) atoms. The predicted molar refractivity (Wildman–Crippen MR) is 86.0 cm³/mol. The van der Waals surface area contributed by atoms with E-state index in [1.807, 2.05) is 25.1 Å². The first kappa shape index (κ1) is 15.8. The summed E-state index contributed by atoms with van der Waals surface area (Å²) in [6.45, 7) is 4.55. The van der Waals surface area contributed by atoms with Gasteiger partial charge in [0.15, 0.2) is 0 Å². The largest absolute Gasteiger partial charge is 0.497 e. The first-order chi connectivity index (χ1) is 10.1.